The van der Waals surface area contributed by atoms with Crippen LogP contribution in [0.5, 0.6) is 0 Å². The monoisotopic (exact) mass is 236 g/mol. The lowest BCUT2D eigenvalue weighted by molar-refractivity contribution is -0.134. The molecule has 0 unspecified atom stereocenters. The van der Waals surface area contributed by atoms with E-state index in [9.17, 15) is 9.59 Å². The smallest absolute Gasteiger partial charge is 0.337 e. The Morgan fingerprint density at radius 1 is 1.35 bits per heavy atom. The van der Waals surface area contributed by atoms with Crippen molar-refractivity contribution in [1.29, 1.82) is 0 Å². The number of nitrogens with zero attached hydrogens (tertiary/aromatic N) is 1. The maximum atomic E-state index is 11.3. The van der Waals surface area contributed by atoms with Gasteiger partial charge in [0.15, 0.2) is 0 Å². The second-order valence-corrected chi connectivity index (χ2v) is 3.04. The van der Waals surface area contributed by atoms with Crippen LogP contribution in [-0.2, 0) is 14.3 Å². The second kappa shape index (κ2) is 5.64. The van der Waals surface area contributed by atoms with Crippen LogP contribution in [-0.4, -0.2) is 31.1 Å². The van der Waals surface area contributed by atoms with Crippen molar-refractivity contribution in [2.45, 2.75) is 0 Å². The van der Waals surface area contributed by atoms with E-state index in [-0.39, 0.29) is 5.70 Å². The number of pyridine rings is 1. The van der Waals surface area contributed by atoms with Crippen molar-refractivity contribution < 1.29 is 19.1 Å². The molecular weight excluding hydrogens is 224 g/mol. The molecule has 6 heteroatoms. The van der Waals surface area contributed by atoms with Crippen LogP contribution in [0.1, 0.15) is 16.1 Å². The van der Waals surface area contributed by atoms with Crippen molar-refractivity contribution >= 4 is 17.6 Å². The van der Waals surface area contributed by atoms with E-state index in [1.807, 2.05) is 0 Å². The first-order chi connectivity index (χ1) is 8.08. The fourth-order valence-electron chi connectivity index (χ4n) is 1.09. The van der Waals surface area contributed by atoms with Crippen molar-refractivity contribution in [1.82, 2.24) is 4.98 Å². The molecule has 0 saturated heterocycles. The number of aromatic nitrogens is 1. The van der Waals surface area contributed by atoms with E-state index in [4.69, 9.17) is 5.73 Å². The van der Waals surface area contributed by atoms with Gasteiger partial charge >= 0.3 is 11.9 Å². The molecule has 1 heterocycles. The zero-order valence-corrected chi connectivity index (χ0v) is 9.47. The first-order valence-corrected chi connectivity index (χ1v) is 4.68. The first kappa shape index (κ1) is 12.7. The molecule has 0 saturated carbocycles. The molecule has 0 aliphatic rings. The Hall–Kier alpha value is -2.37. The maximum absolute atomic E-state index is 11.3. The number of hydrogen-bond donors (Lipinski definition) is 1. The molecule has 1 rings (SSSR count). The molecule has 0 atom stereocenters. The molecule has 0 amide bonds. The Balaban J connectivity index is 3.03. The van der Waals surface area contributed by atoms with Crippen LogP contribution in [0.2, 0.25) is 0 Å². The molecule has 17 heavy (non-hydrogen) atoms. The van der Waals surface area contributed by atoms with Crippen molar-refractivity contribution in [2.75, 3.05) is 14.2 Å². The van der Waals surface area contributed by atoms with Crippen LogP contribution < -0.4 is 5.73 Å². The lowest BCUT2D eigenvalue weighted by atomic mass is 10.2. The van der Waals surface area contributed by atoms with Crippen LogP contribution in [0.3, 0.4) is 0 Å². The molecule has 0 spiro atoms. The third kappa shape index (κ3) is 3.30. The summed E-state index contributed by atoms with van der Waals surface area (Å²) in [5.41, 5.74) is 6.35. The molecule has 0 radical (unpaired) electrons. The highest BCUT2D eigenvalue weighted by molar-refractivity contribution is 5.92. The minimum Gasteiger partial charge on any atom is -0.466 e. The predicted octanol–water partition coefficient (Wildman–Crippen LogP) is 0.341. The average Bonchev–Trinajstić information content (AvgIpc) is 2.37. The van der Waals surface area contributed by atoms with E-state index in [1.54, 1.807) is 0 Å². The lowest BCUT2D eigenvalue weighted by Gasteiger charge is -2.03. The van der Waals surface area contributed by atoms with Gasteiger partial charge in [-0.25, -0.2) is 9.59 Å². The predicted molar refractivity (Wildman–Crippen MR) is 59.8 cm³/mol. The first-order valence-electron chi connectivity index (χ1n) is 4.68. The van der Waals surface area contributed by atoms with Crippen LogP contribution in [0.4, 0.5) is 0 Å². The van der Waals surface area contributed by atoms with Crippen molar-refractivity contribution in [3.63, 3.8) is 0 Å². The summed E-state index contributed by atoms with van der Waals surface area (Å²) in [6.45, 7) is 0. The molecule has 1 aromatic rings. The minimum atomic E-state index is -0.590. The number of carbonyl (C=O) groups excluding carboxylic acids is 2. The Morgan fingerprint density at radius 2 is 2.06 bits per heavy atom. The van der Waals surface area contributed by atoms with Crippen LogP contribution in [0, 0.1) is 0 Å². The summed E-state index contributed by atoms with van der Waals surface area (Å²) in [5, 5.41) is 0. The zero-order valence-electron chi connectivity index (χ0n) is 9.47. The fourth-order valence-corrected chi connectivity index (χ4v) is 1.09. The molecule has 0 aromatic carbocycles. The highest BCUT2D eigenvalue weighted by atomic mass is 16.5. The normalized spacial score (nSPS) is 10.8. The second-order valence-electron chi connectivity index (χ2n) is 3.04. The van der Waals surface area contributed by atoms with E-state index < -0.39 is 11.9 Å². The SMILES string of the molecule is COC(=O)/C=C(\N)c1cc(C(=O)OC)ccn1. The van der Waals surface area contributed by atoms with E-state index in [1.165, 1.54) is 32.5 Å². The topological polar surface area (TPSA) is 91.5 Å². The fraction of sp³-hybridized carbons (Fsp3) is 0.182. The molecule has 0 aliphatic carbocycles. The number of hydrogen-bond acceptors (Lipinski definition) is 6. The third-order valence-electron chi connectivity index (χ3n) is 1.95. The van der Waals surface area contributed by atoms with Gasteiger partial charge in [-0.1, -0.05) is 0 Å². The Kier molecular flexibility index (Phi) is 4.21. The molecule has 0 bridgehead atoms. The average molecular weight is 236 g/mol. The van der Waals surface area contributed by atoms with Crippen molar-refractivity contribution in [3.05, 3.63) is 35.7 Å². The van der Waals surface area contributed by atoms with E-state index in [2.05, 4.69) is 14.5 Å². The summed E-state index contributed by atoms with van der Waals surface area (Å²) in [6, 6.07) is 2.92. The summed E-state index contributed by atoms with van der Waals surface area (Å²) in [5.74, 6) is -1.09. The van der Waals surface area contributed by atoms with Crippen molar-refractivity contribution in [2.24, 2.45) is 5.73 Å². The van der Waals surface area contributed by atoms with Gasteiger partial charge in [0.2, 0.25) is 0 Å². The van der Waals surface area contributed by atoms with Crippen molar-refractivity contribution in [3.8, 4) is 0 Å². The quantitative estimate of drug-likeness (QED) is 0.601. The number of carbonyl (C=O) groups is 2. The molecular formula is C11H12N2O4. The highest BCUT2D eigenvalue weighted by Gasteiger charge is 2.08. The Morgan fingerprint density at radius 3 is 2.65 bits per heavy atom. The van der Waals surface area contributed by atoms with Crippen LogP contribution in [0.25, 0.3) is 5.70 Å². The highest BCUT2D eigenvalue weighted by Crippen LogP contribution is 2.09. The summed E-state index contributed by atoms with van der Waals surface area (Å²) >= 11 is 0. The van der Waals surface area contributed by atoms with Gasteiger partial charge < -0.3 is 15.2 Å². The van der Waals surface area contributed by atoms with Crippen LogP contribution in [0.15, 0.2) is 24.4 Å². The number of methoxy groups -OCH3 is 2. The van der Waals surface area contributed by atoms with E-state index in [0.29, 0.717) is 11.3 Å². The molecule has 0 fully saturated rings. The number of rotatable bonds is 3. The van der Waals surface area contributed by atoms with Gasteiger partial charge in [0.05, 0.1) is 31.2 Å². The maximum Gasteiger partial charge on any atom is 0.337 e. The summed E-state index contributed by atoms with van der Waals surface area (Å²) < 4.78 is 8.98. The molecule has 1 aromatic heterocycles. The largest absolute Gasteiger partial charge is 0.466 e. The molecule has 90 valence electrons. The van der Waals surface area contributed by atoms with Crippen LogP contribution >= 0.6 is 0 Å². The summed E-state index contributed by atoms with van der Waals surface area (Å²) in [7, 11) is 2.51. The standard InChI is InChI=1S/C11H12N2O4/c1-16-10(14)6-8(12)9-5-7(3-4-13-9)11(15)17-2/h3-6H,12H2,1-2H3/b8-6-. The van der Waals surface area contributed by atoms with E-state index in [0.717, 1.165) is 6.08 Å². The summed E-state index contributed by atoms with van der Waals surface area (Å²) in [6.07, 6.45) is 2.49. The van der Waals surface area contributed by atoms with Gasteiger partial charge in [0.25, 0.3) is 0 Å². The van der Waals surface area contributed by atoms with Gasteiger partial charge in [-0.2, -0.15) is 0 Å². The minimum absolute atomic E-state index is 0.114. The number of esters is 2. The van der Waals surface area contributed by atoms with Gasteiger partial charge in [-0.05, 0) is 12.1 Å². The van der Waals surface area contributed by atoms with E-state index >= 15 is 0 Å². The van der Waals surface area contributed by atoms with Gasteiger partial charge in [-0.3, -0.25) is 4.98 Å². The Labute approximate surface area is 98.0 Å². The molecule has 6 nitrogen and oxygen atoms in total. The third-order valence-corrected chi connectivity index (χ3v) is 1.95. The number of nitrogens with two attached hydrogens (primary N) is 1. The molecule has 2 N–H and O–H groups in total. The lowest BCUT2D eigenvalue weighted by Crippen LogP contribution is -2.07. The molecule has 0 aliphatic heterocycles. The van der Waals surface area contributed by atoms with Gasteiger partial charge in [0, 0.05) is 12.3 Å². The van der Waals surface area contributed by atoms with Gasteiger partial charge in [0.1, 0.15) is 0 Å². The number of ether oxygens (including phenoxy) is 2. The summed E-state index contributed by atoms with van der Waals surface area (Å²) in [4.78, 5) is 26.2. The van der Waals surface area contributed by atoms with Gasteiger partial charge in [-0.15, -0.1) is 0 Å². The zero-order chi connectivity index (χ0) is 12.8. The Bertz CT molecular complexity index is 468.